The minimum atomic E-state index is 0.0592. The van der Waals surface area contributed by atoms with Crippen LogP contribution in [0.25, 0.3) is 22.2 Å². The van der Waals surface area contributed by atoms with Crippen molar-refractivity contribution in [2.45, 2.75) is 12.6 Å². The number of hydrogen-bond acceptors (Lipinski definition) is 5. The Morgan fingerprint density at radius 2 is 1.82 bits per heavy atom. The predicted molar refractivity (Wildman–Crippen MR) is 109 cm³/mol. The number of nitrogens with zero attached hydrogens (tertiary/aromatic N) is 5. The van der Waals surface area contributed by atoms with E-state index in [0.29, 0.717) is 6.61 Å². The molecule has 2 aromatic heterocycles. The molecule has 28 heavy (non-hydrogen) atoms. The van der Waals surface area contributed by atoms with Gasteiger partial charge in [0, 0.05) is 36.4 Å². The van der Waals surface area contributed by atoms with E-state index in [1.165, 1.54) is 0 Å². The summed E-state index contributed by atoms with van der Waals surface area (Å²) in [4.78, 5) is 12.0. The summed E-state index contributed by atoms with van der Waals surface area (Å²) < 4.78 is 7.85. The van der Waals surface area contributed by atoms with Crippen LogP contribution in [0.3, 0.4) is 0 Å². The van der Waals surface area contributed by atoms with Crippen LogP contribution < -0.4 is 4.90 Å². The molecule has 1 fully saturated rings. The second-order valence-electron chi connectivity index (χ2n) is 6.92. The average molecular weight is 371 g/mol. The Labute approximate surface area is 163 Å². The lowest BCUT2D eigenvalue weighted by Crippen LogP contribution is -2.45. The number of rotatable bonds is 4. The van der Waals surface area contributed by atoms with E-state index in [1.54, 1.807) is 6.20 Å². The minimum absolute atomic E-state index is 0.0592. The molecule has 0 amide bonds. The molecule has 0 N–H and O–H groups in total. The summed E-state index contributed by atoms with van der Waals surface area (Å²) in [6.07, 6.45) is 3.81. The zero-order valence-electron chi connectivity index (χ0n) is 15.5. The van der Waals surface area contributed by atoms with Crippen LogP contribution in [0.5, 0.6) is 0 Å². The van der Waals surface area contributed by atoms with Crippen molar-refractivity contribution >= 4 is 16.9 Å². The molecular formula is C22H21N5O. The van der Waals surface area contributed by atoms with Gasteiger partial charge in [0.15, 0.2) is 0 Å². The molecule has 1 atom stereocenters. The van der Waals surface area contributed by atoms with Gasteiger partial charge in [0.25, 0.3) is 0 Å². The maximum atomic E-state index is 5.95. The van der Waals surface area contributed by atoms with E-state index >= 15 is 0 Å². The van der Waals surface area contributed by atoms with Crippen molar-refractivity contribution in [2.24, 2.45) is 0 Å². The number of fused-ring (bicyclic) bond motifs is 1. The quantitative estimate of drug-likeness (QED) is 0.550. The van der Waals surface area contributed by atoms with E-state index in [-0.39, 0.29) is 6.10 Å². The summed E-state index contributed by atoms with van der Waals surface area (Å²) >= 11 is 0. The first-order valence-electron chi connectivity index (χ1n) is 9.53. The summed E-state index contributed by atoms with van der Waals surface area (Å²) in [6, 6.07) is 20.4. The molecule has 0 bridgehead atoms. The maximum absolute atomic E-state index is 5.95. The monoisotopic (exact) mass is 371 g/mol. The number of ether oxygens (including phenoxy) is 1. The van der Waals surface area contributed by atoms with Gasteiger partial charge in [-0.25, -0.2) is 9.97 Å². The number of morpholine rings is 1. The maximum Gasteiger partial charge on any atom is 0.226 e. The van der Waals surface area contributed by atoms with Gasteiger partial charge in [0.1, 0.15) is 0 Å². The van der Waals surface area contributed by atoms with Crippen molar-refractivity contribution < 1.29 is 4.74 Å². The van der Waals surface area contributed by atoms with E-state index in [4.69, 9.17) is 14.7 Å². The number of anilines is 1. The van der Waals surface area contributed by atoms with Crippen LogP contribution in [0.2, 0.25) is 0 Å². The summed E-state index contributed by atoms with van der Waals surface area (Å²) in [5.74, 6) is 0.756. The highest BCUT2D eigenvalue weighted by molar-refractivity contribution is 5.93. The molecule has 1 aliphatic heterocycles. The number of benzene rings is 2. The Kier molecular flexibility index (Phi) is 4.47. The second-order valence-corrected chi connectivity index (χ2v) is 6.92. The van der Waals surface area contributed by atoms with Crippen molar-refractivity contribution in [3.63, 3.8) is 0 Å². The zero-order chi connectivity index (χ0) is 18.8. The van der Waals surface area contributed by atoms with Crippen molar-refractivity contribution in [2.75, 3.05) is 24.6 Å². The molecule has 1 unspecified atom stereocenters. The third-order valence-electron chi connectivity index (χ3n) is 5.01. The average Bonchev–Trinajstić information content (AvgIpc) is 3.27. The fourth-order valence-electron chi connectivity index (χ4n) is 3.65. The second kappa shape index (κ2) is 7.40. The molecule has 0 saturated carbocycles. The Morgan fingerprint density at radius 1 is 0.964 bits per heavy atom. The smallest absolute Gasteiger partial charge is 0.226 e. The van der Waals surface area contributed by atoms with Gasteiger partial charge in [-0.2, -0.15) is 5.10 Å². The van der Waals surface area contributed by atoms with Gasteiger partial charge in [-0.15, -0.1) is 0 Å². The lowest BCUT2D eigenvalue weighted by molar-refractivity contribution is 0.0269. The summed E-state index contributed by atoms with van der Waals surface area (Å²) in [5, 5.41) is 5.36. The largest absolute Gasteiger partial charge is 0.373 e. The highest BCUT2D eigenvalue weighted by Crippen LogP contribution is 2.28. The standard InChI is InChI=1S/C22H21N5O/c1-2-7-17(8-3-1)21-19-9-4-5-10-20(19)24-22(25-21)26-13-14-28-18(15-26)16-27-12-6-11-23-27/h1-12,18H,13-16H2. The molecule has 4 aromatic rings. The predicted octanol–water partition coefficient (Wildman–Crippen LogP) is 3.40. The van der Waals surface area contributed by atoms with Crippen LogP contribution in [0, 0.1) is 0 Å². The zero-order valence-corrected chi connectivity index (χ0v) is 15.5. The first-order valence-corrected chi connectivity index (χ1v) is 9.53. The van der Waals surface area contributed by atoms with Gasteiger partial charge in [-0.1, -0.05) is 48.5 Å². The van der Waals surface area contributed by atoms with E-state index in [9.17, 15) is 0 Å². The lowest BCUT2D eigenvalue weighted by Gasteiger charge is -2.33. The number of hydrogen-bond donors (Lipinski definition) is 0. The molecular weight excluding hydrogens is 350 g/mol. The molecule has 0 aliphatic carbocycles. The van der Waals surface area contributed by atoms with Crippen LogP contribution in [0.15, 0.2) is 73.1 Å². The van der Waals surface area contributed by atoms with Crippen LogP contribution in [-0.4, -0.2) is 45.5 Å². The summed E-state index contributed by atoms with van der Waals surface area (Å²) in [5.41, 5.74) is 3.03. The van der Waals surface area contributed by atoms with Crippen molar-refractivity contribution in [1.29, 1.82) is 0 Å². The molecule has 6 nitrogen and oxygen atoms in total. The highest BCUT2D eigenvalue weighted by atomic mass is 16.5. The normalized spacial score (nSPS) is 17.1. The number of para-hydroxylation sites is 1. The fraction of sp³-hybridized carbons (Fsp3) is 0.227. The van der Waals surface area contributed by atoms with Crippen LogP contribution in [0.1, 0.15) is 0 Å². The minimum Gasteiger partial charge on any atom is -0.373 e. The molecule has 1 saturated heterocycles. The Hall–Kier alpha value is -3.25. The van der Waals surface area contributed by atoms with Gasteiger partial charge in [0.2, 0.25) is 5.95 Å². The molecule has 0 radical (unpaired) electrons. The Balaban J connectivity index is 1.50. The van der Waals surface area contributed by atoms with Gasteiger partial charge in [-0.3, -0.25) is 4.68 Å². The van der Waals surface area contributed by atoms with Crippen LogP contribution >= 0.6 is 0 Å². The molecule has 2 aromatic carbocycles. The highest BCUT2D eigenvalue weighted by Gasteiger charge is 2.24. The van der Waals surface area contributed by atoms with Crippen LogP contribution in [0.4, 0.5) is 5.95 Å². The SMILES string of the molecule is c1ccc(-c2nc(N3CCOC(Cn4cccn4)C3)nc3ccccc23)cc1. The van der Waals surface area contributed by atoms with Crippen molar-refractivity contribution in [3.05, 3.63) is 73.1 Å². The summed E-state index contributed by atoms with van der Waals surface area (Å²) in [6.45, 7) is 2.90. The molecule has 5 rings (SSSR count). The molecule has 3 heterocycles. The lowest BCUT2D eigenvalue weighted by atomic mass is 10.1. The van der Waals surface area contributed by atoms with Gasteiger partial charge < -0.3 is 9.64 Å². The first kappa shape index (κ1) is 16.9. The third kappa shape index (κ3) is 3.34. The third-order valence-corrected chi connectivity index (χ3v) is 5.01. The van der Waals surface area contributed by atoms with Crippen LogP contribution in [-0.2, 0) is 11.3 Å². The van der Waals surface area contributed by atoms with Gasteiger partial charge in [0.05, 0.1) is 30.5 Å². The molecule has 0 spiro atoms. The fourth-order valence-corrected chi connectivity index (χ4v) is 3.65. The molecule has 140 valence electrons. The van der Waals surface area contributed by atoms with Crippen molar-refractivity contribution in [3.8, 4) is 11.3 Å². The Morgan fingerprint density at radius 3 is 2.68 bits per heavy atom. The first-order chi connectivity index (χ1) is 13.9. The number of aromatic nitrogens is 4. The van der Waals surface area contributed by atoms with E-state index in [2.05, 4.69) is 34.3 Å². The van der Waals surface area contributed by atoms with Gasteiger partial charge in [-0.05, 0) is 12.1 Å². The van der Waals surface area contributed by atoms with Crippen molar-refractivity contribution in [1.82, 2.24) is 19.7 Å². The van der Waals surface area contributed by atoms with Gasteiger partial charge >= 0.3 is 0 Å². The molecule has 6 heteroatoms. The van der Waals surface area contributed by atoms with E-state index < -0.39 is 0 Å². The molecule has 1 aliphatic rings. The topological polar surface area (TPSA) is 56.1 Å². The van der Waals surface area contributed by atoms with E-state index in [0.717, 1.165) is 47.7 Å². The Bertz CT molecular complexity index is 1060. The van der Waals surface area contributed by atoms with E-state index in [1.807, 2.05) is 47.3 Å². The summed E-state index contributed by atoms with van der Waals surface area (Å²) in [7, 11) is 0.